The van der Waals surface area contributed by atoms with E-state index in [1.54, 1.807) is 0 Å². The summed E-state index contributed by atoms with van der Waals surface area (Å²) in [7, 11) is 4.06. The van der Waals surface area contributed by atoms with Crippen molar-refractivity contribution in [1.82, 2.24) is 19.6 Å². The van der Waals surface area contributed by atoms with Crippen LogP contribution in [0.25, 0.3) is 5.65 Å². The van der Waals surface area contributed by atoms with Crippen molar-refractivity contribution in [2.75, 3.05) is 45.2 Å². The second-order valence-electron chi connectivity index (χ2n) is 5.25. The lowest BCUT2D eigenvalue weighted by molar-refractivity contribution is 0.312. The number of piperazine rings is 1. The molecule has 0 radical (unpaired) electrons. The first-order chi connectivity index (χ1) is 9.70. The van der Waals surface area contributed by atoms with E-state index in [1.807, 2.05) is 13.1 Å². The zero-order valence-electron chi connectivity index (χ0n) is 11.9. The van der Waals surface area contributed by atoms with E-state index in [0.29, 0.717) is 11.7 Å². The van der Waals surface area contributed by atoms with Crippen LogP contribution in [0.1, 0.15) is 5.69 Å². The van der Waals surface area contributed by atoms with Gasteiger partial charge in [0.2, 0.25) is 0 Å². The van der Waals surface area contributed by atoms with Crippen LogP contribution in [0.2, 0.25) is 5.15 Å². The van der Waals surface area contributed by atoms with Crippen molar-refractivity contribution in [2.45, 2.75) is 6.54 Å². The second kappa shape index (κ2) is 5.60. The van der Waals surface area contributed by atoms with E-state index in [-0.39, 0.29) is 0 Å². The minimum Gasteiger partial charge on any atom is -0.355 e. The van der Waals surface area contributed by atoms with Crippen LogP contribution in [0.5, 0.6) is 0 Å². The van der Waals surface area contributed by atoms with Gasteiger partial charge >= 0.3 is 0 Å². The predicted octanol–water partition coefficient (Wildman–Crippen LogP) is 1.46. The number of nitrogens with one attached hydrogen (secondary N) is 1. The molecule has 20 heavy (non-hydrogen) atoms. The van der Waals surface area contributed by atoms with Crippen LogP contribution < -0.4 is 10.2 Å². The fraction of sp³-hybridized carbons (Fsp3) is 0.500. The normalized spacial score (nSPS) is 17.1. The molecule has 0 aliphatic carbocycles. The number of nitrogens with zero attached hydrogens (tertiary/aromatic N) is 4. The summed E-state index contributed by atoms with van der Waals surface area (Å²) in [6.45, 7) is 4.87. The molecular weight excluding hydrogens is 274 g/mol. The molecule has 0 amide bonds. The summed E-state index contributed by atoms with van der Waals surface area (Å²) in [5, 5.41) is 3.82. The van der Waals surface area contributed by atoms with Crippen LogP contribution in [0.4, 0.5) is 5.82 Å². The third-order valence-corrected chi connectivity index (χ3v) is 4.19. The number of pyridine rings is 1. The summed E-state index contributed by atoms with van der Waals surface area (Å²) >= 11 is 6.51. The molecule has 0 bridgehead atoms. The van der Waals surface area contributed by atoms with E-state index < -0.39 is 0 Å². The maximum atomic E-state index is 6.51. The van der Waals surface area contributed by atoms with E-state index >= 15 is 0 Å². The lowest BCUT2D eigenvalue weighted by atomic mass is 10.3. The van der Waals surface area contributed by atoms with Gasteiger partial charge in [-0.3, -0.25) is 4.40 Å². The fourth-order valence-corrected chi connectivity index (χ4v) is 2.93. The highest BCUT2D eigenvalue weighted by molar-refractivity contribution is 6.30. The van der Waals surface area contributed by atoms with E-state index in [0.717, 1.165) is 43.3 Å². The Labute approximate surface area is 124 Å². The number of rotatable bonds is 3. The number of anilines is 1. The van der Waals surface area contributed by atoms with Gasteiger partial charge in [0.1, 0.15) is 16.6 Å². The van der Waals surface area contributed by atoms with Crippen molar-refractivity contribution < 1.29 is 0 Å². The zero-order chi connectivity index (χ0) is 14.1. The third kappa shape index (κ3) is 2.37. The molecule has 3 rings (SSSR count). The SMILES string of the molecule is CNCc1nc2cccc(N3CCN(C)CC3)n2c1Cl. The van der Waals surface area contributed by atoms with E-state index in [1.165, 1.54) is 0 Å². The number of hydrogen-bond donors (Lipinski definition) is 1. The Morgan fingerprint density at radius 1 is 1.25 bits per heavy atom. The van der Waals surface area contributed by atoms with Crippen LogP contribution in [0.15, 0.2) is 18.2 Å². The lowest BCUT2D eigenvalue weighted by Gasteiger charge is -2.34. The molecule has 5 nitrogen and oxygen atoms in total. The molecule has 108 valence electrons. The Hall–Kier alpha value is -1.30. The molecule has 6 heteroatoms. The Bertz CT molecular complexity index is 601. The standard InChI is InChI=1S/C14H20ClN5/c1-16-10-11-14(15)20-12(17-11)4-3-5-13(20)19-8-6-18(2)7-9-19/h3-5,16H,6-10H2,1-2H3. The molecule has 1 aliphatic rings. The minimum absolute atomic E-state index is 0.683. The minimum atomic E-state index is 0.683. The first-order valence-corrected chi connectivity index (χ1v) is 7.32. The molecule has 1 aliphatic heterocycles. The largest absolute Gasteiger partial charge is 0.355 e. The Balaban J connectivity index is 2.02. The molecule has 2 aromatic rings. The topological polar surface area (TPSA) is 35.8 Å². The molecule has 0 unspecified atom stereocenters. The van der Waals surface area contributed by atoms with E-state index in [2.05, 4.69) is 43.7 Å². The first-order valence-electron chi connectivity index (χ1n) is 6.94. The molecule has 1 saturated heterocycles. The molecular formula is C14H20ClN5. The summed E-state index contributed by atoms with van der Waals surface area (Å²) in [5.74, 6) is 1.13. The van der Waals surface area contributed by atoms with Gasteiger partial charge in [-0.2, -0.15) is 0 Å². The van der Waals surface area contributed by atoms with Gasteiger partial charge in [0.15, 0.2) is 0 Å². The summed E-state index contributed by atoms with van der Waals surface area (Å²) in [6, 6.07) is 6.18. The number of hydrogen-bond acceptors (Lipinski definition) is 4. The van der Waals surface area contributed by atoms with Crippen LogP contribution >= 0.6 is 11.6 Å². The third-order valence-electron chi connectivity index (χ3n) is 3.80. The van der Waals surface area contributed by atoms with Crippen LogP contribution in [0, 0.1) is 0 Å². The maximum absolute atomic E-state index is 6.51. The molecule has 0 spiro atoms. The Kier molecular flexibility index (Phi) is 3.83. The van der Waals surface area contributed by atoms with Gasteiger partial charge in [0.25, 0.3) is 0 Å². The van der Waals surface area contributed by atoms with Gasteiger partial charge in [-0.25, -0.2) is 4.98 Å². The molecule has 2 aromatic heterocycles. The van der Waals surface area contributed by atoms with Crippen molar-refractivity contribution in [3.63, 3.8) is 0 Å². The Morgan fingerprint density at radius 2 is 2.00 bits per heavy atom. The number of likely N-dealkylation sites (N-methyl/N-ethyl adjacent to an activating group) is 1. The number of imidazole rings is 1. The maximum Gasteiger partial charge on any atom is 0.139 e. The van der Waals surface area contributed by atoms with Crippen molar-refractivity contribution in [3.05, 3.63) is 29.0 Å². The molecule has 1 fully saturated rings. The summed E-state index contributed by atoms with van der Waals surface area (Å²) in [4.78, 5) is 9.33. The molecule has 0 atom stereocenters. The van der Waals surface area contributed by atoms with Gasteiger partial charge < -0.3 is 15.1 Å². The van der Waals surface area contributed by atoms with Gasteiger partial charge in [0, 0.05) is 32.7 Å². The lowest BCUT2D eigenvalue weighted by Crippen LogP contribution is -2.45. The number of halogens is 1. The fourth-order valence-electron chi connectivity index (χ4n) is 2.65. The molecule has 0 aromatic carbocycles. The highest BCUT2D eigenvalue weighted by Crippen LogP contribution is 2.26. The van der Waals surface area contributed by atoms with Gasteiger partial charge in [-0.1, -0.05) is 17.7 Å². The average molecular weight is 294 g/mol. The predicted molar refractivity (Wildman–Crippen MR) is 82.7 cm³/mol. The van der Waals surface area contributed by atoms with Crippen molar-refractivity contribution in [1.29, 1.82) is 0 Å². The summed E-state index contributed by atoms with van der Waals surface area (Å²) in [6.07, 6.45) is 0. The first kappa shape index (κ1) is 13.7. The second-order valence-corrected chi connectivity index (χ2v) is 5.61. The quantitative estimate of drug-likeness (QED) is 0.929. The highest BCUT2D eigenvalue weighted by Gasteiger charge is 2.19. The van der Waals surface area contributed by atoms with Gasteiger partial charge in [-0.05, 0) is 26.2 Å². The average Bonchev–Trinajstić information content (AvgIpc) is 2.77. The van der Waals surface area contributed by atoms with Crippen molar-refractivity contribution in [3.8, 4) is 0 Å². The molecule has 1 N–H and O–H groups in total. The van der Waals surface area contributed by atoms with E-state index in [4.69, 9.17) is 11.6 Å². The number of fused-ring (bicyclic) bond motifs is 1. The van der Waals surface area contributed by atoms with Gasteiger partial charge in [-0.15, -0.1) is 0 Å². The van der Waals surface area contributed by atoms with Gasteiger partial charge in [0.05, 0.1) is 5.69 Å². The highest BCUT2D eigenvalue weighted by atomic mass is 35.5. The summed E-state index contributed by atoms with van der Waals surface area (Å²) < 4.78 is 2.06. The zero-order valence-corrected chi connectivity index (χ0v) is 12.7. The number of aromatic nitrogens is 2. The summed E-state index contributed by atoms with van der Waals surface area (Å²) in [5.41, 5.74) is 1.81. The van der Waals surface area contributed by atoms with Crippen LogP contribution in [-0.4, -0.2) is 54.6 Å². The monoisotopic (exact) mass is 293 g/mol. The van der Waals surface area contributed by atoms with Crippen LogP contribution in [-0.2, 0) is 6.54 Å². The molecule has 0 saturated carbocycles. The van der Waals surface area contributed by atoms with Crippen molar-refractivity contribution >= 4 is 23.1 Å². The Morgan fingerprint density at radius 3 is 2.70 bits per heavy atom. The van der Waals surface area contributed by atoms with Crippen LogP contribution in [0.3, 0.4) is 0 Å². The van der Waals surface area contributed by atoms with E-state index in [9.17, 15) is 0 Å². The smallest absolute Gasteiger partial charge is 0.139 e. The van der Waals surface area contributed by atoms with Crippen molar-refractivity contribution in [2.24, 2.45) is 0 Å². The molecule has 3 heterocycles.